The van der Waals surface area contributed by atoms with Crippen LogP contribution in [0.1, 0.15) is 51.9 Å². The Hall–Kier alpha value is -0.660. The zero-order valence-corrected chi connectivity index (χ0v) is 8.84. The molecule has 0 saturated heterocycles. The third-order valence-corrected chi connectivity index (χ3v) is 4.07. The summed E-state index contributed by atoms with van der Waals surface area (Å²) in [6.45, 7) is 1.64. The van der Waals surface area contributed by atoms with Gasteiger partial charge in [0.25, 0.3) is 0 Å². The quantitative estimate of drug-likeness (QED) is 0.676. The smallest absolute Gasteiger partial charge is 0.139 e. The second-order valence-electron chi connectivity index (χ2n) is 4.93. The van der Waals surface area contributed by atoms with Crippen LogP contribution in [0.4, 0.5) is 0 Å². The molecular formula is C12H18O2. The van der Waals surface area contributed by atoms with Crippen LogP contribution in [0.15, 0.2) is 0 Å². The molecule has 2 aliphatic carbocycles. The highest BCUT2D eigenvalue weighted by Gasteiger charge is 2.50. The van der Waals surface area contributed by atoms with E-state index in [0.29, 0.717) is 18.1 Å². The Kier molecular flexibility index (Phi) is 2.46. The summed E-state index contributed by atoms with van der Waals surface area (Å²) >= 11 is 0. The van der Waals surface area contributed by atoms with E-state index < -0.39 is 0 Å². The van der Waals surface area contributed by atoms with Gasteiger partial charge in [-0.25, -0.2) is 0 Å². The van der Waals surface area contributed by atoms with E-state index in [1.807, 2.05) is 0 Å². The van der Waals surface area contributed by atoms with Crippen molar-refractivity contribution in [2.75, 3.05) is 0 Å². The van der Waals surface area contributed by atoms with Gasteiger partial charge in [-0.3, -0.25) is 4.79 Å². The van der Waals surface area contributed by atoms with E-state index in [0.717, 1.165) is 38.5 Å². The predicted octanol–water partition coefficient (Wildman–Crippen LogP) is 2.51. The van der Waals surface area contributed by atoms with Crippen LogP contribution < -0.4 is 0 Å². The van der Waals surface area contributed by atoms with Crippen LogP contribution in [0.2, 0.25) is 0 Å². The van der Waals surface area contributed by atoms with E-state index in [4.69, 9.17) is 0 Å². The lowest BCUT2D eigenvalue weighted by Gasteiger charge is -2.28. The van der Waals surface area contributed by atoms with E-state index in [2.05, 4.69) is 0 Å². The summed E-state index contributed by atoms with van der Waals surface area (Å²) in [5, 5.41) is 0. The summed E-state index contributed by atoms with van der Waals surface area (Å²) < 4.78 is 0. The molecule has 0 bridgehead atoms. The van der Waals surface area contributed by atoms with Crippen molar-refractivity contribution in [2.45, 2.75) is 51.9 Å². The van der Waals surface area contributed by atoms with Crippen molar-refractivity contribution in [2.24, 2.45) is 11.3 Å². The molecule has 0 N–H and O–H groups in total. The highest BCUT2D eigenvalue weighted by Crippen LogP contribution is 2.53. The number of hydrogen-bond donors (Lipinski definition) is 0. The van der Waals surface area contributed by atoms with Crippen molar-refractivity contribution < 1.29 is 9.59 Å². The van der Waals surface area contributed by atoms with E-state index in [9.17, 15) is 9.59 Å². The van der Waals surface area contributed by atoms with Gasteiger partial charge in [-0.05, 0) is 38.5 Å². The lowest BCUT2D eigenvalue weighted by molar-refractivity contribution is -0.128. The van der Waals surface area contributed by atoms with Gasteiger partial charge in [-0.1, -0.05) is 6.42 Å². The maximum Gasteiger partial charge on any atom is 0.139 e. The number of hydrogen-bond acceptors (Lipinski definition) is 2. The van der Waals surface area contributed by atoms with Gasteiger partial charge < -0.3 is 4.79 Å². The molecule has 0 amide bonds. The van der Waals surface area contributed by atoms with E-state index in [1.165, 1.54) is 0 Å². The molecule has 78 valence electrons. The number of rotatable bonds is 2. The summed E-state index contributed by atoms with van der Waals surface area (Å²) in [4.78, 5) is 23.0. The van der Waals surface area contributed by atoms with Crippen molar-refractivity contribution in [3.05, 3.63) is 0 Å². The monoisotopic (exact) mass is 194 g/mol. The van der Waals surface area contributed by atoms with Crippen LogP contribution in [0.25, 0.3) is 0 Å². The molecule has 2 fully saturated rings. The highest BCUT2D eigenvalue weighted by molar-refractivity contribution is 5.88. The Morgan fingerprint density at radius 2 is 2.14 bits per heavy atom. The van der Waals surface area contributed by atoms with Gasteiger partial charge in [0.2, 0.25) is 0 Å². The molecule has 2 atom stereocenters. The van der Waals surface area contributed by atoms with Gasteiger partial charge in [0, 0.05) is 18.3 Å². The minimum atomic E-state index is -0.0638. The molecule has 0 heterocycles. The molecule has 14 heavy (non-hydrogen) atoms. The maximum atomic E-state index is 11.9. The minimum absolute atomic E-state index is 0.0638. The van der Waals surface area contributed by atoms with Crippen LogP contribution >= 0.6 is 0 Å². The van der Waals surface area contributed by atoms with Crippen LogP contribution in [-0.4, -0.2) is 11.6 Å². The second-order valence-corrected chi connectivity index (χ2v) is 4.93. The zero-order valence-electron chi connectivity index (χ0n) is 8.84. The molecule has 2 nitrogen and oxygen atoms in total. The molecule has 0 radical (unpaired) electrons. The fourth-order valence-electron chi connectivity index (χ4n) is 3.44. The fraction of sp³-hybridized carbons (Fsp3) is 0.833. The summed E-state index contributed by atoms with van der Waals surface area (Å²) in [6.07, 6.45) is 6.76. The van der Waals surface area contributed by atoms with E-state index in [-0.39, 0.29) is 11.2 Å². The molecular weight excluding hydrogens is 176 g/mol. The van der Waals surface area contributed by atoms with Crippen molar-refractivity contribution in [1.29, 1.82) is 0 Å². The molecule has 0 aromatic rings. The van der Waals surface area contributed by atoms with Crippen LogP contribution in [-0.2, 0) is 9.59 Å². The summed E-state index contributed by atoms with van der Waals surface area (Å²) in [5.41, 5.74) is -0.0638. The number of Topliss-reactive ketones (excluding diaryl/α,β-unsaturated/α-hetero) is 2. The molecule has 2 aliphatic rings. The Balaban J connectivity index is 2.16. The summed E-state index contributed by atoms with van der Waals surface area (Å²) in [6, 6.07) is 0. The average molecular weight is 194 g/mol. The Bertz CT molecular complexity index is 265. The zero-order chi connectivity index (χ0) is 10.2. The van der Waals surface area contributed by atoms with Crippen LogP contribution in [0.3, 0.4) is 0 Å². The molecule has 0 aromatic carbocycles. The van der Waals surface area contributed by atoms with Crippen molar-refractivity contribution in [3.8, 4) is 0 Å². The molecule has 0 aliphatic heterocycles. The first-order valence-corrected chi connectivity index (χ1v) is 5.68. The van der Waals surface area contributed by atoms with Crippen molar-refractivity contribution >= 4 is 11.6 Å². The van der Waals surface area contributed by atoms with E-state index >= 15 is 0 Å². The number of carbonyl (C=O) groups excluding carboxylic acids is 2. The molecule has 1 spiro atoms. The molecule has 2 heteroatoms. The average Bonchev–Trinajstić information content (AvgIpc) is 2.63. The molecule has 0 aromatic heterocycles. The number of carbonyl (C=O) groups is 2. The SMILES string of the molecule is CC(=O)CC1CCCC12CCCC2=O. The third kappa shape index (κ3) is 1.41. The van der Waals surface area contributed by atoms with E-state index in [1.54, 1.807) is 6.92 Å². The van der Waals surface area contributed by atoms with Gasteiger partial charge in [0.05, 0.1) is 0 Å². The lowest BCUT2D eigenvalue weighted by Crippen LogP contribution is -2.31. The second kappa shape index (κ2) is 3.48. The Morgan fingerprint density at radius 1 is 1.43 bits per heavy atom. The Morgan fingerprint density at radius 3 is 2.71 bits per heavy atom. The largest absolute Gasteiger partial charge is 0.300 e. The standard InChI is InChI=1S/C12H18O2/c1-9(13)8-10-4-2-6-12(10)7-3-5-11(12)14/h10H,2-8H2,1H3. The van der Waals surface area contributed by atoms with Gasteiger partial charge >= 0.3 is 0 Å². The van der Waals surface area contributed by atoms with Gasteiger partial charge in [0.1, 0.15) is 11.6 Å². The summed E-state index contributed by atoms with van der Waals surface area (Å²) in [7, 11) is 0. The Labute approximate surface area is 85.1 Å². The molecule has 2 saturated carbocycles. The third-order valence-electron chi connectivity index (χ3n) is 4.07. The fourth-order valence-corrected chi connectivity index (χ4v) is 3.44. The predicted molar refractivity (Wildman–Crippen MR) is 53.9 cm³/mol. The van der Waals surface area contributed by atoms with Crippen molar-refractivity contribution in [1.82, 2.24) is 0 Å². The lowest BCUT2D eigenvalue weighted by atomic mass is 9.73. The maximum absolute atomic E-state index is 11.9. The summed E-state index contributed by atoms with van der Waals surface area (Å²) in [5.74, 6) is 1.06. The normalized spacial score (nSPS) is 36.9. The van der Waals surface area contributed by atoms with Crippen LogP contribution in [0.5, 0.6) is 0 Å². The molecule has 2 unspecified atom stereocenters. The first-order valence-electron chi connectivity index (χ1n) is 5.68. The van der Waals surface area contributed by atoms with Gasteiger partial charge in [-0.2, -0.15) is 0 Å². The van der Waals surface area contributed by atoms with Crippen molar-refractivity contribution in [3.63, 3.8) is 0 Å². The van der Waals surface area contributed by atoms with Gasteiger partial charge in [0.15, 0.2) is 0 Å². The number of ketones is 2. The first kappa shape index (κ1) is 9.88. The minimum Gasteiger partial charge on any atom is -0.300 e. The van der Waals surface area contributed by atoms with Crippen LogP contribution in [0, 0.1) is 11.3 Å². The van der Waals surface area contributed by atoms with Gasteiger partial charge in [-0.15, -0.1) is 0 Å². The first-order chi connectivity index (χ1) is 6.65. The molecule has 2 rings (SSSR count). The topological polar surface area (TPSA) is 34.1 Å². The highest BCUT2D eigenvalue weighted by atomic mass is 16.1.